The number of carbonyl (C=O) groups excluding carboxylic acids is 1. The number of halogens is 1. The van der Waals surface area contributed by atoms with Crippen molar-refractivity contribution in [3.05, 3.63) is 0 Å². The molecular weight excluding hydrogens is 203 g/mol. The number of nitrogens with two attached hydrogens (primary N) is 1. The topological polar surface area (TPSA) is 89.7 Å². The Balaban J connectivity index is 2.65. The first-order valence-corrected chi connectivity index (χ1v) is 4.91. The first-order chi connectivity index (χ1) is 5.92. The molecular formula is C5H9FN2O4S. The molecule has 6 nitrogen and oxygen atoms in total. The Morgan fingerprint density at radius 1 is 1.62 bits per heavy atom. The first-order valence-electron chi connectivity index (χ1n) is 3.55. The molecule has 0 spiro atoms. The molecule has 1 aliphatic heterocycles. The van der Waals surface area contributed by atoms with Crippen molar-refractivity contribution in [3.63, 3.8) is 0 Å². The molecule has 0 bridgehead atoms. The van der Waals surface area contributed by atoms with Crippen molar-refractivity contribution in [3.8, 4) is 0 Å². The minimum Gasteiger partial charge on any atom is -0.334 e. The number of nitrogens with zero attached hydrogens (tertiary/aromatic N) is 1. The standard InChI is InChI=1S/C5H9FN2O4S/c6-4-1-2-8(3-4)13(10,11)12-5(7)9/h4H,1-3H2,(H2,7,9). The molecule has 8 heteroatoms. The van der Waals surface area contributed by atoms with Crippen LogP contribution < -0.4 is 5.73 Å². The molecule has 2 N–H and O–H groups in total. The number of rotatable bonds is 2. The van der Waals surface area contributed by atoms with Crippen LogP contribution in [0, 0.1) is 0 Å². The summed E-state index contributed by atoms with van der Waals surface area (Å²) in [6.45, 7) is -0.271. The summed E-state index contributed by atoms with van der Waals surface area (Å²) < 4.78 is 39.2. The van der Waals surface area contributed by atoms with E-state index in [1.807, 2.05) is 0 Å². The molecule has 13 heavy (non-hydrogen) atoms. The molecule has 1 amide bonds. The zero-order chi connectivity index (χ0) is 10.1. The van der Waals surface area contributed by atoms with Crippen LogP contribution in [-0.4, -0.2) is 38.1 Å². The van der Waals surface area contributed by atoms with E-state index in [2.05, 4.69) is 9.92 Å². The molecule has 1 rings (SSSR count). The second kappa shape index (κ2) is 3.46. The van der Waals surface area contributed by atoms with Gasteiger partial charge in [-0.2, -0.15) is 12.7 Å². The van der Waals surface area contributed by atoms with Gasteiger partial charge in [-0.3, -0.25) is 0 Å². The van der Waals surface area contributed by atoms with E-state index in [0.29, 0.717) is 0 Å². The SMILES string of the molecule is NC(=O)OS(=O)(=O)N1CCC(F)C1. The van der Waals surface area contributed by atoms with Crippen molar-refractivity contribution >= 4 is 16.4 Å². The fourth-order valence-electron chi connectivity index (χ4n) is 1.05. The summed E-state index contributed by atoms with van der Waals surface area (Å²) in [6.07, 6.45) is -2.50. The lowest BCUT2D eigenvalue weighted by Gasteiger charge is -2.12. The van der Waals surface area contributed by atoms with Crippen LogP contribution in [0.4, 0.5) is 9.18 Å². The lowest BCUT2D eigenvalue weighted by molar-refractivity contribution is 0.207. The average molecular weight is 212 g/mol. The molecule has 0 aliphatic carbocycles. The third-order valence-electron chi connectivity index (χ3n) is 1.60. The highest BCUT2D eigenvalue weighted by Crippen LogP contribution is 2.16. The summed E-state index contributed by atoms with van der Waals surface area (Å²) in [6, 6.07) is 0. The van der Waals surface area contributed by atoms with Gasteiger partial charge in [-0.15, -0.1) is 0 Å². The van der Waals surface area contributed by atoms with Crippen molar-refractivity contribution in [1.29, 1.82) is 0 Å². The Morgan fingerprint density at radius 3 is 2.62 bits per heavy atom. The minimum absolute atomic E-state index is 0.0107. The van der Waals surface area contributed by atoms with Gasteiger partial charge in [-0.1, -0.05) is 0 Å². The molecule has 1 saturated heterocycles. The Kier molecular flexibility index (Phi) is 2.71. The highest BCUT2D eigenvalue weighted by molar-refractivity contribution is 7.84. The van der Waals surface area contributed by atoms with E-state index in [1.165, 1.54) is 0 Å². The highest BCUT2D eigenvalue weighted by atomic mass is 32.2. The van der Waals surface area contributed by atoms with Crippen LogP contribution in [0.3, 0.4) is 0 Å². The monoisotopic (exact) mass is 212 g/mol. The quantitative estimate of drug-likeness (QED) is 0.659. The van der Waals surface area contributed by atoms with Crippen LogP contribution in [-0.2, 0) is 14.5 Å². The van der Waals surface area contributed by atoms with Gasteiger partial charge in [0, 0.05) is 13.1 Å². The normalized spacial score (nSPS) is 24.5. The number of hydrogen-bond acceptors (Lipinski definition) is 4. The van der Waals surface area contributed by atoms with Crippen molar-refractivity contribution in [2.45, 2.75) is 12.6 Å². The maximum absolute atomic E-state index is 12.6. The second-order valence-corrected chi connectivity index (χ2v) is 4.14. The summed E-state index contributed by atoms with van der Waals surface area (Å²) in [7, 11) is -4.17. The van der Waals surface area contributed by atoms with Crippen LogP contribution in [0.2, 0.25) is 0 Å². The minimum atomic E-state index is -4.17. The number of carbonyl (C=O) groups is 1. The van der Waals surface area contributed by atoms with Crippen molar-refractivity contribution in [1.82, 2.24) is 4.31 Å². The smallest absolute Gasteiger partial charge is 0.334 e. The number of hydrogen-bond donors (Lipinski definition) is 1. The highest BCUT2D eigenvalue weighted by Gasteiger charge is 2.33. The molecule has 0 radical (unpaired) electrons. The van der Waals surface area contributed by atoms with Crippen molar-refractivity contribution in [2.24, 2.45) is 5.73 Å². The Morgan fingerprint density at radius 2 is 2.23 bits per heavy atom. The summed E-state index contributed by atoms with van der Waals surface area (Å²) in [4.78, 5) is 10.2. The van der Waals surface area contributed by atoms with Gasteiger partial charge >= 0.3 is 16.4 Å². The molecule has 1 atom stereocenters. The van der Waals surface area contributed by atoms with Gasteiger partial charge in [0.1, 0.15) is 6.17 Å². The molecule has 0 aromatic rings. The lowest BCUT2D eigenvalue weighted by atomic mass is 10.4. The summed E-state index contributed by atoms with van der Waals surface area (Å²) >= 11 is 0. The Labute approximate surface area is 74.7 Å². The van der Waals surface area contributed by atoms with Crippen LogP contribution >= 0.6 is 0 Å². The zero-order valence-corrected chi connectivity index (χ0v) is 7.46. The van der Waals surface area contributed by atoms with Gasteiger partial charge in [-0.25, -0.2) is 9.18 Å². The predicted octanol–water partition coefficient (Wildman–Crippen LogP) is -0.630. The van der Waals surface area contributed by atoms with Crippen LogP contribution in [0.5, 0.6) is 0 Å². The van der Waals surface area contributed by atoms with Crippen LogP contribution in [0.1, 0.15) is 6.42 Å². The third-order valence-corrected chi connectivity index (χ3v) is 2.94. The van der Waals surface area contributed by atoms with E-state index in [-0.39, 0.29) is 19.5 Å². The maximum Gasteiger partial charge on any atom is 0.421 e. The van der Waals surface area contributed by atoms with Crippen molar-refractivity contribution in [2.75, 3.05) is 13.1 Å². The van der Waals surface area contributed by atoms with Gasteiger partial charge in [0.2, 0.25) is 0 Å². The molecule has 1 heterocycles. The largest absolute Gasteiger partial charge is 0.421 e. The first kappa shape index (κ1) is 10.2. The average Bonchev–Trinajstić information content (AvgIpc) is 2.32. The van der Waals surface area contributed by atoms with Gasteiger partial charge in [0.05, 0.1) is 0 Å². The number of primary amides is 1. The van der Waals surface area contributed by atoms with E-state index >= 15 is 0 Å². The molecule has 1 unspecified atom stereocenters. The van der Waals surface area contributed by atoms with Gasteiger partial charge in [-0.05, 0) is 6.42 Å². The van der Waals surface area contributed by atoms with Gasteiger partial charge in [0.15, 0.2) is 0 Å². The lowest BCUT2D eigenvalue weighted by Crippen LogP contribution is -2.34. The summed E-state index contributed by atoms with van der Waals surface area (Å²) in [5.74, 6) is 0. The van der Waals surface area contributed by atoms with Crippen LogP contribution in [0.25, 0.3) is 0 Å². The van der Waals surface area contributed by atoms with E-state index < -0.39 is 22.6 Å². The molecule has 0 aromatic carbocycles. The third kappa shape index (κ3) is 2.52. The van der Waals surface area contributed by atoms with E-state index in [0.717, 1.165) is 4.31 Å². The van der Waals surface area contributed by atoms with E-state index in [9.17, 15) is 17.6 Å². The fraction of sp³-hybridized carbons (Fsp3) is 0.800. The second-order valence-electron chi connectivity index (χ2n) is 2.60. The zero-order valence-electron chi connectivity index (χ0n) is 6.64. The van der Waals surface area contributed by atoms with Gasteiger partial charge in [0.25, 0.3) is 0 Å². The fourth-order valence-corrected chi connectivity index (χ4v) is 2.03. The summed E-state index contributed by atoms with van der Waals surface area (Å²) in [5.41, 5.74) is 4.52. The Bertz CT molecular complexity index is 304. The maximum atomic E-state index is 12.6. The molecule has 76 valence electrons. The molecule has 1 fully saturated rings. The number of amides is 1. The number of alkyl halides is 1. The van der Waals surface area contributed by atoms with Crippen LogP contribution in [0.15, 0.2) is 0 Å². The predicted molar refractivity (Wildman–Crippen MR) is 40.7 cm³/mol. The van der Waals surface area contributed by atoms with Gasteiger partial charge < -0.3 is 9.92 Å². The van der Waals surface area contributed by atoms with Crippen molar-refractivity contribution < 1.29 is 21.8 Å². The van der Waals surface area contributed by atoms with E-state index in [4.69, 9.17) is 0 Å². The van der Waals surface area contributed by atoms with E-state index in [1.54, 1.807) is 0 Å². The molecule has 0 aromatic heterocycles. The molecule has 1 aliphatic rings. The molecule has 0 saturated carbocycles. The summed E-state index contributed by atoms with van der Waals surface area (Å²) in [5, 5.41) is 0. The Hall–Kier alpha value is -0.890.